The quantitative estimate of drug-likeness (QED) is 0.837. The molecule has 0 atom stereocenters. The number of sulfonamides is 1. The van der Waals surface area contributed by atoms with E-state index >= 15 is 0 Å². The first-order valence-electron chi connectivity index (χ1n) is 5.18. The van der Waals surface area contributed by atoms with E-state index in [4.69, 9.17) is 5.73 Å². The first kappa shape index (κ1) is 13.0. The van der Waals surface area contributed by atoms with Crippen LogP contribution in [0.4, 0.5) is 5.69 Å². The number of hydrogen-bond donors (Lipinski definition) is 1. The van der Waals surface area contributed by atoms with E-state index in [0.717, 1.165) is 12.8 Å². The molecule has 4 nitrogen and oxygen atoms in total. The van der Waals surface area contributed by atoms with E-state index in [2.05, 4.69) is 0 Å². The lowest BCUT2D eigenvalue weighted by atomic mass is 10.1. The van der Waals surface area contributed by atoms with Crippen LogP contribution in [0.25, 0.3) is 0 Å². The zero-order chi connectivity index (χ0) is 12.2. The Morgan fingerprint density at radius 3 is 2.25 bits per heavy atom. The van der Waals surface area contributed by atoms with Crippen LogP contribution in [0.15, 0.2) is 24.3 Å². The van der Waals surface area contributed by atoms with Crippen molar-refractivity contribution in [3.8, 4) is 0 Å². The monoisotopic (exact) mass is 242 g/mol. The summed E-state index contributed by atoms with van der Waals surface area (Å²) in [6.07, 6.45) is 3.07. The Labute approximate surface area is 97.1 Å². The Balaban J connectivity index is 2.79. The van der Waals surface area contributed by atoms with Crippen LogP contribution < -0.4 is 10.0 Å². The highest BCUT2D eigenvalue weighted by molar-refractivity contribution is 7.92. The lowest BCUT2D eigenvalue weighted by molar-refractivity contribution is 0.600. The summed E-state index contributed by atoms with van der Waals surface area (Å²) in [5.74, 6) is 0. The van der Waals surface area contributed by atoms with Crippen molar-refractivity contribution in [2.75, 3.05) is 24.2 Å². The van der Waals surface area contributed by atoms with Crippen molar-refractivity contribution < 1.29 is 8.42 Å². The summed E-state index contributed by atoms with van der Waals surface area (Å²) in [6, 6.07) is 7.50. The van der Waals surface area contributed by atoms with Crippen LogP contribution in [-0.2, 0) is 16.4 Å². The van der Waals surface area contributed by atoms with Gasteiger partial charge < -0.3 is 5.73 Å². The van der Waals surface area contributed by atoms with Crippen LogP contribution in [0.1, 0.15) is 12.0 Å². The van der Waals surface area contributed by atoms with Gasteiger partial charge in [0.1, 0.15) is 0 Å². The van der Waals surface area contributed by atoms with Crippen LogP contribution in [-0.4, -0.2) is 28.3 Å². The molecule has 0 bridgehead atoms. The molecule has 0 heterocycles. The summed E-state index contributed by atoms with van der Waals surface area (Å²) >= 11 is 0. The fourth-order valence-electron chi connectivity index (χ4n) is 1.37. The van der Waals surface area contributed by atoms with Crippen molar-refractivity contribution in [1.29, 1.82) is 0 Å². The lowest BCUT2D eigenvalue weighted by Gasteiger charge is -2.16. The molecular weight excluding hydrogens is 224 g/mol. The van der Waals surface area contributed by atoms with E-state index in [1.165, 1.54) is 16.1 Å². The molecule has 5 heteroatoms. The molecule has 16 heavy (non-hydrogen) atoms. The highest BCUT2D eigenvalue weighted by atomic mass is 32.2. The normalized spacial score (nSPS) is 11.4. The van der Waals surface area contributed by atoms with Gasteiger partial charge in [-0.2, -0.15) is 0 Å². The molecule has 0 radical (unpaired) electrons. The zero-order valence-corrected chi connectivity index (χ0v) is 10.5. The van der Waals surface area contributed by atoms with Crippen molar-refractivity contribution in [2.24, 2.45) is 5.73 Å². The second-order valence-electron chi connectivity index (χ2n) is 3.79. The number of anilines is 1. The summed E-state index contributed by atoms with van der Waals surface area (Å²) in [5, 5.41) is 0. The molecule has 1 aromatic carbocycles. The molecule has 1 rings (SSSR count). The third-order valence-electron chi connectivity index (χ3n) is 2.47. The molecule has 0 amide bonds. The zero-order valence-electron chi connectivity index (χ0n) is 9.68. The largest absolute Gasteiger partial charge is 0.330 e. The second kappa shape index (κ2) is 5.32. The number of nitrogens with two attached hydrogens (primary N) is 1. The van der Waals surface area contributed by atoms with E-state index in [1.807, 2.05) is 24.3 Å². The number of aryl methyl sites for hydroxylation is 1. The minimum absolute atomic E-state index is 0.672. The van der Waals surface area contributed by atoms with Crippen molar-refractivity contribution in [3.63, 3.8) is 0 Å². The second-order valence-corrected chi connectivity index (χ2v) is 5.80. The Morgan fingerprint density at radius 2 is 1.81 bits per heavy atom. The predicted octanol–water partition coefficient (Wildman–Crippen LogP) is 0.974. The van der Waals surface area contributed by atoms with E-state index in [9.17, 15) is 8.42 Å². The van der Waals surface area contributed by atoms with Gasteiger partial charge >= 0.3 is 0 Å². The average molecular weight is 242 g/mol. The predicted molar refractivity (Wildman–Crippen MR) is 67.1 cm³/mol. The first-order chi connectivity index (χ1) is 7.45. The molecule has 0 aliphatic rings. The summed E-state index contributed by atoms with van der Waals surface area (Å²) in [7, 11) is -1.63. The standard InChI is InChI=1S/C11H18N2O2S/c1-13(16(2,14)15)11-7-5-10(6-8-11)4-3-9-12/h5-8H,3-4,9,12H2,1-2H3. The Bertz CT molecular complexity index is 426. The van der Waals surface area contributed by atoms with Crippen molar-refractivity contribution in [3.05, 3.63) is 29.8 Å². The summed E-state index contributed by atoms with van der Waals surface area (Å²) in [5.41, 5.74) is 7.28. The van der Waals surface area contributed by atoms with Crippen molar-refractivity contribution >= 4 is 15.7 Å². The van der Waals surface area contributed by atoms with E-state index in [1.54, 1.807) is 7.05 Å². The van der Waals surface area contributed by atoms with Crippen molar-refractivity contribution in [2.45, 2.75) is 12.8 Å². The highest BCUT2D eigenvalue weighted by Gasteiger charge is 2.10. The number of rotatable bonds is 5. The lowest BCUT2D eigenvalue weighted by Crippen LogP contribution is -2.24. The topological polar surface area (TPSA) is 63.4 Å². The third-order valence-corrected chi connectivity index (χ3v) is 3.67. The molecule has 0 unspecified atom stereocenters. The van der Waals surface area contributed by atoms with Crippen LogP contribution >= 0.6 is 0 Å². The average Bonchev–Trinajstić information content (AvgIpc) is 2.25. The van der Waals surface area contributed by atoms with Gasteiger partial charge in [-0.25, -0.2) is 8.42 Å². The SMILES string of the molecule is CN(c1ccc(CCCN)cc1)S(C)(=O)=O. The van der Waals surface area contributed by atoms with Crippen molar-refractivity contribution in [1.82, 2.24) is 0 Å². The molecule has 2 N–H and O–H groups in total. The van der Waals surface area contributed by atoms with Gasteiger partial charge in [0, 0.05) is 7.05 Å². The fourth-order valence-corrected chi connectivity index (χ4v) is 1.87. The molecule has 0 aliphatic heterocycles. The number of hydrogen-bond acceptors (Lipinski definition) is 3. The van der Waals surface area contributed by atoms with Crippen LogP contribution in [0.5, 0.6) is 0 Å². The fraction of sp³-hybridized carbons (Fsp3) is 0.455. The first-order valence-corrected chi connectivity index (χ1v) is 7.03. The highest BCUT2D eigenvalue weighted by Crippen LogP contribution is 2.16. The van der Waals surface area contributed by atoms with Gasteiger partial charge in [0.2, 0.25) is 10.0 Å². The molecule has 0 aliphatic carbocycles. The van der Waals surface area contributed by atoms with E-state index in [-0.39, 0.29) is 0 Å². The van der Waals surface area contributed by atoms with Gasteiger partial charge in [-0.1, -0.05) is 12.1 Å². The number of benzene rings is 1. The maximum Gasteiger partial charge on any atom is 0.231 e. The van der Waals surface area contributed by atoms with E-state index in [0.29, 0.717) is 12.2 Å². The summed E-state index contributed by atoms with van der Waals surface area (Å²) in [4.78, 5) is 0. The van der Waals surface area contributed by atoms with Gasteiger partial charge in [-0.15, -0.1) is 0 Å². The maximum atomic E-state index is 11.3. The molecular formula is C11H18N2O2S. The van der Waals surface area contributed by atoms with Gasteiger partial charge in [0.15, 0.2) is 0 Å². The van der Waals surface area contributed by atoms with Crippen LogP contribution in [0, 0.1) is 0 Å². The van der Waals surface area contributed by atoms with Gasteiger partial charge in [0.25, 0.3) is 0 Å². The minimum Gasteiger partial charge on any atom is -0.330 e. The molecule has 0 saturated carbocycles. The Morgan fingerprint density at radius 1 is 1.25 bits per heavy atom. The minimum atomic E-state index is -3.17. The molecule has 90 valence electrons. The van der Waals surface area contributed by atoms with Crippen LogP contribution in [0.3, 0.4) is 0 Å². The van der Waals surface area contributed by atoms with Gasteiger partial charge in [0.05, 0.1) is 11.9 Å². The van der Waals surface area contributed by atoms with Gasteiger partial charge in [-0.3, -0.25) is 4.31 Å². The number of nitrogens with zero attached hydrogens (tertiary/aromatic N) is 1. The maximum absolute atomic E-state index is 11.3. The summed E-state index contributed by atoms with van der Waals surface area (Å²) < 4.78 is 23.9. The van der Waals surface area contributed by atoms with E-state index < -0.39 is 10.0 Å². The molecule has 0 fully saturated rings. The molecule has 0 spiro atoms. The van der Waals surface area contributed by atoms with Crippen LogP contribution in [0.2, 0.25) is 0 Å². The smallest absolute Gasteiger partial charge is 0.231 e. The van der Waals surface area contributed by atoms with Gasteiger partial charge in [-0.05, 0) is 37.1 Å². The molecule has 0 saturated heterocycles. The Kier molecular flexibility index (Phi) is 4.32. The summed E-state index contributed by atoms with van der Waals surface area (Å²) in [6.45, 7) is 0.672. The third kappa shape index (κ3) is 3.50. The Hall–Kier alpha value is -1.07. The molecule has 0 aromatic heterocycles. The molecule has 1 aromatic rings.